The van der Waals surface area contributed by atoms with Crippen molar-refractivity contribution in [2.45, 2.75) is 66.3 Å². The van der Waals surface area contributed by atoms with Crippen LogP contribution < -0.4 is 10.2 Å². The number of hydrogen-bond acceptors (Lipinski definition) is 4. The van der Waals surface area contributed by atoms with Crippen molar-refractivity contribution in [3.8, 4) is 0 Å². The Hall–Kier alpha value is -2.53. The number of nitrogens with one attached hydrogen (secondary N) is 1. The van der Waals surface area contributed by atoms with E-state index in [0.717, 1.165) is 29.8 Å². The van der Waals surface area contributed by atoms with Crippen LogP contribution in [0, 0.1) is 20.8 Å². The van der Waals surface area contributed by atoms with Crippen LogP contribution in [0.5, 0.6) is 0 Å². The minimum absolute atomic E-state index is 0.0833. The third-order valence-electron chi connectivity index (χ3n) is 6.60. The van der Waals surface area contributed by atoms with E-state index >= 15 is 0 Å². The average Bonchev–Trinajstić information content (AvgIpc) is 3.04. The van der Waals surface area contributed by atoms with Crippen LogP contribution in [-0.2, 0) is 4.79 Å². The summed E-state index contributed by atoms with van der Waals surface area (Å²) in [5, 5.41) is 3.56. The van der Waals surface area contributed by atoms with Crippen LogP contribution in [0.2, 0.25) is 0 Å². The van der Waals surface area contributed by atoms with Gasteiger partial charge in [-0.25, -0.2) is 4.99 Å². The number of nitrogens with zero attached hydrogens (tertiary/aromatic N) is 2. The topological polar surface area (TPSA) is 44.7 Å². The standard InChI is InChI=1S/C27H33N3OS/c1-8-30-23-12-17(3)20(13-21(23)19(5)15-27(30,6)7)14-24-25(31)29-26(32-24)28-22-10-9-16(2)11-18(22)4/h9-14,19H,8,15H2,1-7H3,(H,28,29,31)/b24-14+. The highest BCUT2D eigenvalue weighted by molar-refractivity contribution is 8.18. The van der Waals surface area contributed by atoms with E-state index < -0.39 is 0 Å². The molecule has 1 saturated heterocycles. The lowest BCUT2D eigenvalue weighted by atomic mass is 9.79. The molecule has 0 aliphatic carbocycles. The van der Waals surface area contributed by atoms with Gasteiger partial charge in [-0.05, 0) is 112 Å². The Bertz CT molecular complexity index is 1150. The molecule has 2 aromatic carbocycles. The molecule has 1 atom stereocenters. The van der Waals surface area contributed by atoms with Crippen LogP contribution in [0.1, 0.15) is 67.9 Å². The zero-order valence-electron chi connectivity index (χ0n) is 20.2. The Labute approximate surface area is 196 Å². The van der Waals surface area contributed by atoms with Crippen molar-refractivity contribution < 1.29 is 4.79 Å². The lowest BCUT2D eigenvalue weighted by molar-refractivity contribution is -0.115. The molecule has 0 spiro atoms. The van der Waals surface area contributed by atoms with Crippen LogP contribution in [0.25, 0.3) is 6.08 Å². The molecular weight excluding hydrogens is 414 g/mol. The highest BCUT2D eigenvalue weighted by atomic mass is 32.2. The number of aryl methyl sites for hydroxylation is 3. The number of rotatable bonds is 3. The number of fused-ring (bicyclic) bond motifs is 1. The Morgan fingerprint density at radius 2 is 1.94 bits per heavy atom. The fraction of sp³-hybridized carbons (Fsp3) is 0.407. The number of carbonyl (C=O) groups excluding carboxylic acids is 1. The van der Waals surface area contributed by atoms with Gasteiger partial charge in [0.25, 0.3) is 5.91 Å². The number of amides is 1. The number of aliphatic imine (C=N–C) groups is 1. The molecule has 0 aromatic heterocycles. The first-order chi connectivity index (χ1) is 15.1. The molecule has 2 heterocycles. The molecule has 1 fully saturated rings. The summed E-state index contributed by atoms with van der Waals surface area (Å²) in [5.41, 5.74) is 8.34. The van der Waals surface area contributed by atoms with Crippen molar-refractivity contribution >= 4 is 40.3 Å². The Kier molecular flexibility index (Phi) is 5.97. The predicted octanol–water partition coefficient (Wildman–Crippen LogP) is 6.62. The van der Waals surface area contributed by atoms with E-state index in [1.807, 2.05) is 25.1 Å². The number of anilines is 1. The summed E-state index contributed by atoms with van der Waals surface area (Å²) in [6.07, 6.45) is 3.14. The van der Waals surface area contributed by atoms with Gasteiger partial charge >= 0.3 is 0 Å². The maximum Gasteiger partial charge on any atom is 0.264 e. The Balaban J connectivity index is 1.67. The van der Waals surface area contributed by atoms with Crippen molar-refractivity contribution in [3.05, 3.63) is 63.1 Å². The van der Waals surface area contributed by atoms with Gasteiger partial charge < -0.3 is 10.2 Å². The number of carbonyl (C=O) groups is 1. The van der Waals surface area contributed by atoms with Gasteiger partial charge in [-0.15, -0.1) is 0 Å². The molecule has 2 aromatic rings. The summed E-state index contributed by atoms with van der Waals surface area (Å²) in [6, 6.07) is 10.7. The second-order valence-corrected chi connectivity index (χ2v) is 10.7. The minimum Gasteiger partial charge on any atom is -0.366 e. The molecule has 1 N–H and O–H groups in total. The zero-order valence-corrected chi connectivity index (χ0v) is 21.0. The highest BCUT2D eigenvalue weighted by Crippen LogP contribution is 2.44. The summed E-state index contributed by atoms with van der Waals surface area (Å²) >= 11 is 1.41. The normalized spacial score (nSPS) is 22.4. The molecule has 4 nitrogen and oxygen atoms in total. The summed E-state index contributed by atoms with van der Waals surface area (Å²) in [7, 11) is 0. The van der Waals surface area contributed by atoms with Crippen LogP contribution in [0.15, 0.2) is 40.2 Å². The number of benzene rings is 2. The SMILES string of the molecule is CCN1c2cc(C)c(/C=C3/SC(=Nc4ccc(C)cc4C)NC3=O)cc2C(C)CC1(C)C. The van der Waals surface area contributed by atoms with E-state index in [2.05, 4.69) is 75.0 Å². The van der Waals surface area contributed by atoms with Crippen molar-refractivity contribution in [3.63, 3.8) is 0 Å². The van der Waals surface area contributed by atoms with Crippen molar-refractivity contribution in [2.24, 2.45) is 4.99 Å². The largest absolute Gasteiger partial charge is 0.366 e. The molecule has 32 heavy (non-hydrogen) atoms. The molecule has 5 heteroatoms. The molecule has 168 valence electrons. The van der Waals surface area contributed by atoms with Gasteiger partial charge in [0.15, 0.2) is 5.17 Å². The van der Waals surface area contributed by atoms with E-state index in [9.17, 15) is 4.79 Å². The van der Waals surface area contributed by atoms with Gasteiger partial charge in [0.2, 0.25) is 0 Å². The summed E-state index contributed by atoms with van der Waals surface area (Å²) < 4.78 is 0. The molecule has 2 aliphatic rings. The van der Waals surface area contributed by atoms with Gasteiger partial charge in [0, 0.05) is 17.8 Å². The lowest BCUT2D eigenvalue weighted by Gasteiger charge is -2.47. The van der Waals surface area contributed by atoms with Crippen molar-refractivity contribution in [2.75, 3.05) is 11.4 Å². The van der Waals surface area contributed by atoms with E-state index in [1.54, 1.807) is 0 Å². The Morgan fingerprint density at radius 3 is 2.62 bits per heavy atom. The van der Waals surface area contributed by atoms with E-state index in [0.29, 0.717) is 16.0 Å². The van der Waals surface area contributed by atoms with Gasteiger partial charge in [0.05, 0.1) is 10.6 Å². The van der Waals surface area contributed by atoms with Crippen molar-refractivity contribution in [1.82, 2.24) is 5.32 Å². The lowest BCUT2D eigenvalue weighted by Crippen LogP contribution is -2.48. The molecule has 4 rings (SSSR count). The summed E-state index contributed by atoms with van der Waals surface area (Å²) in [4.78, 5) is 20.6. The quantitative estimate of drug-likeness (QED) is 0.538. The van der Waals surface area contributed by atoms with Crippen molar-refractivity contribution in [1.29, 1.82) is 0 Å². The van der Waals surface area contributed by atoms with Crippen LogP contribution in [-0.4, -0.2) is 23.2 Å². The molecular formula is C27H33N3OS. The Morgan fingerprint density at radius 1 is 1.19 bits per heavy atom. The fourth-order valence-corrected chi connectivity index (χ4v) is 5.89. The third kappa shape index (κ3) is 4.23. The molecule has 0 saturated carbocycles. The van der Waals surface area contributed by atoms with E-state index in [1.165, 1.54) is 34.1 Å². The first-order valence-electron chi connectivity index (χ1n) is 11.4. The van der Waals surface area contributed by atoms with Gasteiger partial charge in [0.1, 0.15) is 0 Å². The number of amidine groups is 1. The maximum absolute atomic E-state index is 12.7. The monoisotopic (exact) mass is 447 g/mol. The smallest absolute Gasteiger partial charge is 0.264 e. The van der Waals surface area contributed by atoms with E-state index in [4.69, 9.17) is 0 Å². The van der Waals surface area contributed by atoms with Crippen LogP contribution in [0.4, 0.5) is 11.4 Å². The van der Waals surface area contributed by atoms with E-state index in [-0.39, 0.29) is 11.4 Å². The molecule has 0 radical (unpaired) electrons. The number of hydrogen-bond donors (Lipinski definition) is 1. The zero-order chi connectivity index (χ0) is 23.2. The van der Waals surface area contributed by atoms with Gasteiger partial charge in [-0.2, -0.15) is 0 Å². The van der Waals surface area contributed by atoms with Gasteiger partial charge in [-0.3, -0.25) is 4.79 Å². The molecule has 1 amide bonds. The molecule has 1 unspecified atom stereocenters. The fourth-order valence-electron chi connectivity index (χ4n) is 5.07. The number of thioether (sulfide) groups is 1. The maximum atomic E-state index is 12.7. The second kappa shape index (κ2) is 8.43. The summed E-state index contributed by atoms with van der Waals surface area (Å²) in [5.74, 6) is 0.396. The van der Waals surface area contributed by atoms with Crippen LogP contribution in [0.3, 0.4) is 0 Å². The highest BCUT2D eigenvalue weighted by Gasteiger charge is 2.36. The van der Waals surface area contributed by atoms with Crippen LogP contribution >= 0.6 is 11.8 Å². The second-order valence-electron chi connectivity index (χ2n) is 9.70. The average molecular weight is 448 g/mol. The first-order valence-corrected chi connectivity index (χ1v) is 12.2. The summed E-state index contributed by atoms with van der Waals surface area (Å²) in [6.45, 7) is 16.4. The third-order valence-corrected chi connectivity index (χ3v) is 7.51. The van der Waals surface area contributed by atoms with Gasteiger partial charge in [-0.1, -0.05) is 24.6 Å². The predicted molar refractivity (Wildman–Crippen MR) is 138 cm³/mol. The molecule has 2 aliphatic heterocycles. The molecule has 0 bridgehead atoms. The first kappa shape index (κ1) is 22.7. The minimum atomic E-state index is -0.0833.